The molecule has 0 spiro atoms. The first-order chi connectivity index (χ1) is 16.0. The monoisotopic (exact) mass is 443 g/mol. The van der Waals surface area contributed by atoms with Crippen molar-refractivity contribution in [2.45, 2.75) is 18.6 Å². The average Bonchev–Trinajstić information content (AvgIpc) is 3.31. The Kier molecular flexibility index (Phi) is 6.87. The van der Waals surface area contributed by atoms with Gasteiger partial charge in [-0.2, -0.15) is 0 Å². The van der Waals surface area contributed by atoms with E-state index in [1.807, 2.05) is 66.7 Å². The van der Waals surface area contributed by atoms with E-state index in [1.165, 1.54) is 0 Å². The fourth-order valence-electron chi connectivity index (χ4n) is 3.86. The molecule has 33 heavy (non-hydrogen) atoms. The van der Waals surface area contributed by atoms with Gasteiger partial charge in [-0.25, -0.2) is 0 Å². The van der Waals surface area contributed by atoms with Crippen LogP contribution in [-0.4, -0.2) is 41.9 Å². The maximum Gasteiger partial charge on any atom is 0.271 e. The lowest BCUT2D eigenvalue weighted by molar-refractivity contribution is -0.905. The molecule has 6 nitrogen and oxygen atoms in total. The highest BCUT2D eigenvalue weighted by Crippen LogP contribution is 2.33. The lowest BCUT2D eigenvalue weighted by atomic mass is 9.86. The van der Waals surface area contributed by atoms with Crippen molar-refractivity contribution in [1.29, 1.82) is 0 Å². The third kappa shape index (κ3) is 5.48. The van der Waals surface area contributed by atoms with Crippen molar-refractivity contribution in [3.63, 3.8) is 0 Å². The van der Waals surface area contributed by atoms with Gasteiger partial charge >= 0.3 is 0 Å². The maximum absolute atomic E-state index is 14.2. The van der Waals surface area contributed by atoms with Crippen LogP contribution in [0.25, 0.3) is 0 Å². The summed E-state index contributed by atoms with van der Waals surface area (Å²) in [6.45, 7) is 2.02. The SMILES string of the molecule is C[N+](C)(CCCOc1ccccc1)Cc1nnc(C([O-])(c2ccccc2)c2ccccc2)o1. The predicted octanol–water partition coefficient (Wildman–Crippen LogP) is 3.77. The van der Waals surface area contributed by atoms with Crippen LogP contribution in [0.5, 0.6) is 5.75 Å². The van der Waals surface area contributed by atoms with Gasteiger partial charge in [-0.3, -0.25) is 0 Å². The first-order valence-electron chi connectivity index (χ1n) is 11.1. The fourth-order valence-corrected chi connectivity index (χ4v) is 3.86. The third-order valence-corrected chi connectivity index (χ3v) is 5.61. The number of aromatic nitrogens is 2. The summed E-state index contributed by atoms with van der Waals surface area (Å²) < 4.78 is 12.4. The minimum atomic E-state index is -1.77. The van der Waals surface area contributed by atoms with Gasteiger partial charge in [-0.1, -0.05) is 78.9 Å². The van der Waals surface area contributed by atoms with Crippen LogP contribution in [0, 0.1) is 0 Å². The van der Waals surface area contributed by atoms with Crippen molar-refractivity contribution in [3.8, 4) is 5.75 Å². The van der Waals surface area contributed by atoms with Crippen molar-refractivity contribution >= 4 is 0 Å². The van der Waals surface area contributed by atoms with Crippen molar-refractivity contribution in [3.05, 3.63) is 114 Å². The Morgan fingerprint density at radius 3 is 1.94 bits per heavy atom. The lowest BCUT2D eigenvalue weighted by Gasteiger charge is -2.38. The molecule has 0 bridgehead atoms. The quantitative estimate of drug-likeness (QED) is 0.276. The molecule has 0 fully saturated rings. The van der Waals surface area contributed by atoms with Crippen molar-refractivity contribution < 1.29 is 18.7 Å². The Labute approximate surface area is 194 Å². The molecule has 1 aromatic heterocycles. The van der Waals surface area contributed by atoms with Gasteiger partial charge in [0.15, 0.2) is 6.54 Å². The minimum absolute atomic E-state index is 0.0577. The molecule has 0 radical (unpaired) electrons. The molecule has 0 amide bonds. The van der Waals surface area contributed by atoms with Crippen LogP contribution in [-0.2, 0) is 12.1 Å². The zero-order valence-corrected chi connectivity index (χ0v) is 19.1. The van der Waals surface area contributed by atoms with Gasteiger partial charge in [0.25, 0.3) is 5.89 Å². The van der Waals surface area contributed by atoms with Crippen molar-refractivity contribution in [2.75, 3.05) is 27.2 Å². The van der Waals surface area contributed by atoms with Gasteiger partial charge in [0.05, 0.1) is 27.2 Å². The van der Waals surface area contributed by atoms with Gasteiger partial charge in [0.1, 0.15) is 5.75 Å². The van der Waals surface area contributed by atoms with E-state index >= 15 is 0 Å². The minimum Gasteiger partial charge on any atom is -0.835 e. The molecule has 0 unspecified atom stereocenters. The molecule has 1 heterocycles. The number of nitrogens with zero attached hydrogens (tertiary/aromatic N) is 3. The number of ether oxygens (including phenoxy) is 1. The Balaban J connectivity index is 1.46. The van der Waals surface area contributed by atoms with E-state index in [4.69, 9.17) is 9.15 Å². The van der Waals surface area contributed by atoms with Crippen LogP contribution >= 0.6 is 0 Å². The third-order valence-electron chi connectivity index (χ3n) is 5.61. The van der Waals surface area contributed by atoms with Crippen molar-refractivity contribution in [1.82, 2.24) is 10.2 Å². The summed E-state index contributed by atoms with van der Waals surface area (Å²) in [7, 11) is 4.20. The predicted molar refractivity (Wildman–Crippen MR) is 124 cm³/mol. The van der Waals surface area contributed by atoms with E-state index < -0.39 is 5.60 Å². The first-order valence-corrected chi connectivity index (χ1v) is 11.1. The zero-order valence-electron chi connectivity index (χ0n) is 19.1. The Morgan fingerprint density at radius 1 is 0.818 bits per heavy atom. The van der Waals surface area contributed by atoms with Gasteiger partial charge < -0.3 is 18.7 Å². The van der Waals surface area contributed by atoms with Crippen molar-refractivity contribution in [2.24, 2.45) is 0 Å². The molecule has 0 aliphatic rings. The van der Waals surface area contributed by atoms with E-state index in [0.29, 0.717) is 34.7 Å². The number of hydrogen-bond acceptors (Lipinski definition) is 5. The highest BCUT2D eigenvalue weighted by atomic mass is 16.5. The number of rotatable bonds is 10. The van der Waals surface area contributed by atoms with Gasteiger partial charge in [0, 0.05) is 12.0 Å². The van der Waals surface area contributed by atoms with Crippen LogP contribution in [0.4, 0.5) is 0 Å². The fraction of sp³-hybridized carbons (Fsp3) is 0.259. The Morgan fingerprint density at radius 2 is 1.36 bits per heavy atom. The molecule has 0 saturated carbocycles. The van der Waals surface area contributed by atoms with Crippen LogP contribution in [0.2, 0.25) is 0 Å². The molecule has 4 aromatic rings. The topological polar surface area (TPSA) is 71.2 Å². The molecule has 3 aromatic carbocycles. The molecular formula is C27H29N3O3. The first kappa shape index (κ1) is 22.7. The molecule has 0 aliphatic carbocycles. The molecule has 0 saturated heterocycles. The summed E-state index contributed by atoms with van der Waals surface area (Å²) in [4.78, 5) is 0. The highest BCUT2D eigenvalue weighted by Gasteiger charge is 2.31. The second kappa shape index (κ2) is 9.98. The van der Waals surface area contributed by atoms with Crippen LogP contribution in [0.15, 0.2) is 95.4 Å². The largest absolute Gasteiger partial charge is 0.835 e. The molecule has 0 aliphatic heterocycles. The van der Waals surface area contributed by atoms with Gasteiger partial charge in [-0.05, 0) is 23.3 Å². The average molecular weight is 444 g/mol. The molecule has 0 atom stereocenters. The molecular weight excluding hydrogens is 414 g/mol. The summed E-state index contributed by atoms with van der Waals surface area (Å²) in [5, 5.41) is 22.6. The zero-order chi connectivity index (χ0) is 23.2. The van der Waals surface area contributed by atoms with Gasteiger partial charge in [-0.15, -0.1) is 10.2 Å². The number of hydrogen-bond donors (Lipinski definition) is 0. The number of para-hydroxylation sites is 1. The van der Waals surface area contributed by atoms with E-state index in [1.54, 1.807) is 24.3 Å². The van der Waals surface area contributed by atoms with Gasteiger partial charge in [0.2, 0.25) is 5.89 Å². The van der Waals surface area contributed by atoms with Crippen LogP contribution in [0.3, 0.4) is 0 Å². The number of benzene rings is 3. The Hall–Kier alpha value is -3.48. The van der Waals surface area contributed by atoms with E-state index in [-0.39, 0.29) is 5.89 Å². The highest BCUT2D eigenvalue weighted by molar-refractivity contribution is 5.40. The number of quaternary nitrogens is 1. The van der Waals surface area contributed by atoms with E-state index in [2.05, 4.69) is 24.3 Å². The maximum atomic E-state index is 14.2. The van der Waals surface area contributed by atoms with E-state index in [9.17, 15) is 5.11 Å². The summed E-state index contributed by atoms with van der Waals surface area (Å²) >= 11 is 0. The standard InChI is InChI=1S/C27H29N3O3/c1-30(2,19-12-20-32-24-17-10-5-11-18-24)21-25-28-29-26(33-25)27(31,22-13-6-3-7-14-22)23-15-8-4-9-16-23/h3-11,13-18H,12,19-21H2,1-2H3. The normalized spacial score (nSPS) is 12.0. The lowest BCUT2D eigenvalue weighted by Crippen LogP contribution is -2.43. The van der Waals surface area contributed by atoms with Crippen LogP contribution < -0.4 is 9.84 Å². The second-order valence-corrected chi connectivity index (χ2v) is 8.75. The molecule has 4 rings (SSSR count). The smallest absolute Gasteiger partial charge is 0.271 e. The molecule has 170 valence electrons. The molecule has 6 heteroatoms. The summed E-state index contributed by atoms with van der Waals surface area (Å²) in [5.41, 5.74) is -0.634. The second-order valence-electron chi connectivity index (χ2n) is 8.75. The summed E-state index contributed by atoms with van der Waals surface area (Å²) in [6, 6.07) is 28.2. The van der Waals surface area contributed by atoms with E-state index in [0.717, 1.165) is 18.7 Å². The van der Waals surface area contributed by atoms with Crippen LogP contribution in [0.1, 0.15) is 29.3 Å². The summed E-state index contributed by atoms with van der Waals surface area (Å²) in [5.74, 6) is 1.38. The molecule has 0 N–H and O–H groups in total. The summed E-state index contributed by atoms with van der Waals surface area (Å²) in [6.07, 6.45) is 0.877. The Bertz CT molecular complexity index is 1090.